The van der Waals surface area contributed by atoms with E-state index in [-0.39, 0.29) is 0 Å². The fourth-order valence-electron chi connectivity index (χ4n) is 4.26. The summed E-state index contributed by atoms with van der Waals surface area (Å²) in [7, 11) is 2.15. The molecule has 0 aromatic rings. The summed E-state index contributed by atoms with van der Waals surface area (Å²) in [6.45, 7) is 7.40. The quantitative estimate of drug-likeness (QED) is 0.721. The van der Waals surface area contributed by atoms with Crippen LogP contribution in [0.1, 0.15) is 71.6 Å². The normalized spacial score (nSPS) is 28.1. The molecule has 0 saturated heterocycles. The van der Waals surface area contributed by atoms with Crippen molar-refractivity contribution in [2.75, 3.05) is 20.1 Å². The van der Waals surface area contributed by atoms with Gasteiger partial charge in [-0.1, -0.05) is 33.1 Å². The zero-order valence-corrected chi connectivity index (χ0v) is 14.0. The van der Waals surface area contributed by atoms with Crippen molar-refractivity contribution in [3.63, 3.8) is 0 Å². The highest BCUT2D eigenvalue weighted by Gasteiger charge is 2.28. The minimum absolute atomic E-state index is 0.797. The fourth-order valence-corrected chi connectivity index (χ4v) is 4.26. The number of nitrogens with one attached hydrogen (secondary N) is 1. The Bertz CT molecular complexity index is 258. The smallest absolute Gasteiger partial charge is 0.00952 e. The van der Waals surface area contributed by atoms with Crippen LogP contribution in [0.4, 0.5) is 0 Å². The highest BCUT2D eigenvalue weighted by atomic mass is 15.2. The van der Waals surface area contributed by atoms with E-state index in [4.69, 9.17) is 0 Å². The molecule has 2 rings (SSSR count). The number of hydrogen-bond acceptors (Lipinski definition) is 2. The summed E-state index contributed by atoms with van der Waals surface area (Å²) in [5, 5.41) is 3.54. The van der Waals surface area contributed by atoms with E-state index in [9.17, 15) is 0 Å². The monoisotopic (exact) mass is 280 g/mol. The Morgan fingerprint density at radius 2 is 1.75 bits per heavy atom. The SMILES string of the molecule is CNC1CCCC1CCN(CCC(C)C)C1CCCC1. The molecule has 0 aliphatic heterocycles. The Kier molecular flexibility index (Phi) is 6.83. The first-order chi connectivity index (χ1) is 9.70. The van der Waals surface area contributed by atoms with Crippen molar-refractivity contribution in [3.8, 4) is 0 Å². The minimum atomic E-state index is 0.797. The van der Waals surface area contributed by atoms with E-state index in [1.807, 2.05) is 0 Å². The summed E-state index contributed by atoms with van der Waals surface area (Å²) in [5.41, 5.74) is 0. The van der Waals surface area contributed by atoms with E-state index in [1.54, 1.807) is 0 Å². The zero-order chi connectivity index (χ0) is 14.4. The molecule has 2 atom stereocenters. The fraction of sp³-hybridized carbons (Fsp3) is 1.00. The summed E-state index contributed by atoms with van der Waals surface area (Å²) >= 11 is 0. The lowest BCUT2D eigenvalue weighted by molar-refractivity contribution is 0.171. The zero-order valence-electron chi connectivity index (χ0n) is 14.0. The molecule has 2 fully saturated rings. The molecule has 2 nitrogen and oxygen atoms in total. The van der Waals surface area contributed by atoms with E-state index in [1.165, 1.54) is 70.9 Å². The lowest BCUT2D eigenvalue weighted by Crippen LogP contribution is -2.38. The topological polar surface area (TPSA) is 15.3 Å². The largest absolute Gasteiger partial charge is 0.317 e. The second kappa shape index (κ2) is 8.38. The third-order valence-corrected chi connectivity index (χ3v) is 5.65. The first-order valence-electron chi connectivity index (χ1n) is 9.12. The first kappa shape index (κ1) is 16.3. The predicted octanol–water partition coefficient (Wildman–Crippen LogP) is 4.06. The van der Waals surface area contributed by atoms with Gasteiger partial charge >= 0.3 is 0 Å². The van der Waals surface area contributed by atoms with E-state index in [0.29, 0.717) is 0 Å². The van der Waals surface area contributed by atoms with Crippen LogP contribution in [0.25, 0.3) is 0 Å². The maximum absolute atomic E-state index is 3.54. The van der Waals surface area contributed by atoms with Gasteiger partial charge in [0.15, 0.2) is 0 Å². The summed E-state index contributed by atoms with van der Waals surface area (Å²) < 4.78 is 0. The van der Waals surface area contributed by atoms with Gasteiger partial charge in [-0.3, -0.25) is 0 Å². The van der Waals surface area contributed by atoms with Gasteiger partial charge in [0, 0.05) is 12.1 Å². The van der Waals surface area contributed by atoms with Crippen LogP contribution in [0, 0.1) is 11.8 Å². The van der Waals surface area contributed by atoms with Gasteiger partial charge in [0.2, 0.25) is 0 Å². The van der Waals surface area contributed by atoms with Crippen LogP contribution in [-0.2, 0) is 0 Å². The summed E-state index contributed by atoms with van der Waals surface area (Å²) in [4.78, 5) is 2.85. The molecule has 0 spiro atoms. The maximum atomic E-state index is 3.54. The Balaban J connectivity index is 1.79. The molecule has 0 amide bonds. The van der Waals surface area contributed by atoms with Gasteiger partial charge < -0.3 is 10.2 Å². The van der Waals surface area contributed by atoms with Crippen LogP contribution >= 0.6 is 0 Å². The van der Waals surface area contributed by atoms with Crippen molar-refractivity contribution in [2.24, 2.45) is 11.8 Å². The van der Waals surface area contributed by atoms with Crippen molar-refractivity contribution in [3.05, 3.63) is 0 Å². The molecule has 0 aromatic carbocycles. The molecule has 2 unspecified atom stereocenters. The molecule has 20 heavy (non-hydrogen) atoms. The molecule has 2 aliphatic carbocycles. The molecule has 2 aliphatic rings. The Labute approximate surface area is 126 Å². The first-order valence-corrected chi connectivity index (χ1v) is 9.12. The van der Waals surface area contributed by atoms with Crippen molar-refractivity contribution >= 4 is 0 Å². The molecular weight excluding hydrogens is 244 g/mol. The average molecular weight is 280 g/mol. The minimum Gasteiger partial charge on any atom is -0.317 e. The molecular formula is C18H36N2. The molecule has 2 heteroatoms. The van der Waals surface area contributed by atoms with Crippen molar-refractivity contribution in [2.45, 2.75) is 83.7 Å². The highest BCUT2D eigenvalue weighted by Crippen LogP contribution is 2.30. The second-order valence-corrected chi connectivity index (χ2v) is 7.53. The predicted molar refractivity (Wildman–Crippen MR) is 88.1 cm³/mol. The standard InChI is InChI=1S/C18H36N2/c1-15(2)11-13-20(17-8-4-5-9-17)14-12-16-7-6-10-18(16)19-3/h15-19H,4-14H2,1-3H3. The van der Waals surface area contributed by atoms with Crippen molar-refractivity contribution in [1.82, 2.24) is 10.2 Å². The van der Waals surface area contributed by atoms with Crippen molar-refractivity contribution in [1.29, 1.82) is 0 Å². The molecule has 2 saturated carbocycles. The van der Waals surface area contributed by atoms with Crippen LogP contribution in [0.5, 0.6) is 0 Å². The van der Waals surface area contributed by atoms with E-state index >= 15 is 0 Å². The third-order valence-electron chi connectivity index (χ3n) is 5.65. The molecule has 0 bridgehead atoms. The van der Waals surface area contributed by atoms with Crippen molar-refractivity contribution < 1.29 is 0 Å². The number of rotatable bonds is 8. The van der Waals surface area contributed by atoms with Gasteiger partial charge in [0.05, 0.1) is 0 Å². The number of nitrogens with zero attached hydrogens (tertiary/aromatic N) is 1. The van der Waals surface area contributed by atoms with Gasteiger partial charge in [0.1, 0.15) is 0 Å². The Morgan fingerprint density at radius 1 is 1.00 bits per heavy atom. The van der Waals surface area contributed by atoms with Crippen LogP contribution in [0.3, 0.4) is 0 Å². The molecule has 0 heterocycles. The van der Waals surface area contributed by atoms with Gasteiger partial charge in [0.25, 0.3) is 0 Å². The summed E-state index contributed by atoms with van der Waals surface area (Å²) in [6.07, 6.45) is 12.9. The van der Waals surface area contributed by atoms with Gasteiger partial charge in [-0.05, 0) is 70.5 Å². The van der Waals surface area contributed by atoms with Gasteiger partial charge in [-0.15, -0.1) is 0 Å². The Hall–Kier alpha value is -0.0800. The third kappa shape index (κ3) is 4.73. The Morgan fingerprint density at radius 3 is 2.40 bits per heavy atom. The van der Waals surface area contributed by atoms with Crippen LogP contribution in [0.2, 0.25) is 0 Å². The lowest BCUT2D eigenvalue weighted by Gasteiger charge is -2.31. The summed E-state index contributed by atoms with van der Waals surface area (Å²) in [5.74, 6) is 1.78. The summed E-state index contributed by atoms with van der Waals surface area (Å²) in [6, 6.07) is 1.70. The van der Waals surface area contributed by atoms with E-state index < -0.39 is 0 Å². The maximum Gasteiger partial charge on any atom is 0.00952 e. The molecule has 0 radical (unpaired) electrons. The average Bonchev–Trinajstić information content (AvgIpc) is 3.09. The van der Waals surface area contributed by atoms with Crippen LogP contribution < -0.4 is 5.32 Å². The van der Waals surface area contributed by atoms with Gasteiger partial charge in [-0.2, -0.15) is 0 Å². The molecule has 0 aromatic heterocycles. The highest BCUT2D eigenvalue weighted by molar-refractivity contribution is 4.84. The molecule has 118 valence electrons. The number of hydrogen-bond donors (Lipinski definition) is 1. The van der Waals surface area contributed by atoms with Crippen LogP contribution in [0.15, 0.2) is 0 Å². The second-order valence-electron chi connectivity index (χ2n) is 7.53. The van der Waals surface area contributed by atoms with Gasteiger partial charge in [-0.25, -0.2) is 0 Å². The van der Waals surface area contributed by atoms with E-state index in [2.05, 4.69) is 31.1 Å². The van der Waals surface area contributed by atoms with E-state index in [0.717, 1.165) is 23.9 Å². The lowest BCUT2D eigenvalue weighted by atomic mass is 9.98. The van der Waals surface area contributed by atoms with Crippen LogP contribution in [-0.4, -0.2) is 37.1 Å². The molecule has 1 N–H and O–H groups in total.